The second-order valence-electron chi connectivity index (χ2n) is 12.9. The first-order chi connectivity index (χ1) is 22.8. The van der Waals surface area contributed by atoms with Crippen LogP contribution in [0, 0.1) is 0 Å². The van der Waals surface area contributed by atoms with E-state index in [9.17, 15) is 0 Å². The van der Waals surface area contributed by atoms with Crippen molar-refractivity contribution < 1.29 is 9.47 Å². The first kappa shape index (κ1) is 31.3. The molecular weight excluding hydrogens is 601 g/mol. The molecule has 0 saturated heterocycles. The Hall–Kier alpha value is -3.34. The Morgan fingerprint density at radius 3 is 1.30 bits per heavy atom. The van der Waals surface area contributed by atoms with Crippen LogP contribution >= 0.6 is 22.7 Å². The van der Waals surface area contributed by atoms with Gasteiger partial charge in [-0.1, -0.05) is 90.2 Å². The van der Waals surface area contributed by atoms with E-state index in [2.05, 4.69) is 85.3 Å². The van der Waals surface area contributed by atoms with Gasteiger partial charge in [-0.05, 0) is 104 Å². The molecule has 0 bridgehead atoms. The molecule has 0 aliphatic carbocycles. The fourth-order valence-corrected chi connectivity index (χ4v) is 8.72. The van der Waals surface area contributed by atoms with E-state index in [-0.39, 0.29) is 0 Å². The van der Waals surface area contributed by atoms with Gasteiger partial charge in [-0.2, -0.15) is 0 Å². The molecule has 0 aliphatic rings. The molecule has 0 radical (unpaired) electrons. The molecule has 2 nitrogen and oxygen atoms in total. The SMILES string of the molecule is CCCCCCCCOc1c(OCCCCCCCC)c2cc3ccc4sccc4c3cc2c2cc3c(ccc4sccc43)cc12. The van der Waals surface area contributed by atoms with Gasteiger partial charge in [-0.15, -0.1) is 22.7 Å². The third-order valence-corrected chi connectivity index (χ3v) is 11.4. The lowest BCUT2D eigenvalue weighted by molar-refractivity contribution is 0.263. The lowest BCUT2D eigenvalue weighted by Crippen LogP contribution is -2.04. The first-order valence-corrected chi connectivity index (χ1v) is 19.4. The molecule has 0 fully saturated rings. The van der Waals surface area contributed by atoms with Crippen LogP contribution in [0.25, 0.3) is 63.3 Å². The van der Waals surface area contributed by atoms with E-state index >= 15 is 0 Å². The molecule has 5 aromatic carbocycles. The van der Waals surface area contributed by atoms with Crippen LogP contribution in [0.15, 0.2) is 71.4 Å². The van der Waals surface area contributed by atoms with Crippen molar-refractivity contribution in [3.8, 4) is 11.5 Å². The average molecular weight is 647 g/mol. The van der Waals surface area contributed by atoms with Gasteiger partial charge in [0, 0.05) is 30.9 Å². The Kier molecular flexibility index (Phi) is 9.93. The summed E-state index contributed by atoms with van der Waals surface area (Å²) in [6.07, 6.45) is 14.9. The number of hydrogen-bond donors (Lipinski definition) is 0. The van der Waals surface area contributed by atoms with Gasteiger partial charge in [-0.25, -0.2) is 0 Å². The van der Waals surface area contributed by atoms with Gasteiger partial charge in [0.05, 0.1) is 13.2 Å². The van der Waals surface area contributed by atoms with Gasteiger partial charge in [0.1, 0.15) is 0 Å². The normalized spacial score (nSPS) is 12.0. The molecule has 0 aliphatic heterocycles. The summed E-state index contributed by atoms with van der Waals surface area (Å²) in [5, 5.41) is 17.0. The Morgan fingerprint density at radius 2 is 0.848 bits per heavy atom. The molecule has 4 heteroatoms. The van der Waals surface area contributed by atoms with Crippen LogP contribution in [0.5, 0.6) is 11.5 Å². The summed E-state index contributed by atoms with van der Waals surface area (Å²) in [6.45, 7) is 5.98. The second kappa shape index (κ2) is 14.6. The summed E-state index contributed by atoms with van der Waals surface area (Å²) in [5.41, 5.74) is 0. The summed E-state index contributed by atoms with van der Waals surface area (Å²) in [7, 11) is 0. The predicted molar refractivity (Wildman–Crippen MR) is 205 cm³/mol. The zero-order valence-corrected chi connectivity index (χ0v) is 29.1. The minimum Gasteiger partial charge on any atom is -0.489 e. The van der Waals surface area contributed by atoms with Gasteiger partial charge in [0.25, 0.3) is 0 Å². The van der Waals surface area contributed by atoms with Crippen LogP contribution in [0.3, 0.4) is 0 Å². The Balaban J connectivity index is 1.38. The molecule has 0 amide bonds. The summed E-state index contributed by atoms with van der Waals surface area (Å²) in [6, 6.07) is 23.2. The lowest BCUT2D eigenvalue weighted by atomic mass is 9.93. The molecule has 7 rings (SSSR count). The van der Waals surface area contributed by atoms with Crippen molar-refractivity contribution in [1.29, 1.82) is 0 Å². The van der Waals surface area contributed by atoms with Crippen LogP contribution < -0.4 is 9.47 Å². The van der Waals surface area contributed by atoms with Crippen molar-refractivity contribution >= 4 is 85.9 Å². The van der Waals surface area contributed by atoms with Crippen LogP contribution in [0.4, 0.5) is 0 Å². The molecule has 2 heterocycles. The van der Waals surface area contributed by atoms with E-state index in [0.717, 1.165) is 35.1 Å². The highest BCUT2D eigenvalue weighted by molar-refractivity contribution is 7.17. The van der Waals surface area contributed by atoms with Crippen LogP contribution in [-0.2, 0) is 0 Å². The van der Waals surface area contributed by atoms with Crippen molar-refractivity contribution in [2.45, 2.75) is 90.9 Å². The molecule has 0 unspecified atom stereocenters. The number of rotatable bonds is 16. The standard InChI is InChI=1S/C42H46O2S2/c1-3-5-7-9-11-13-21-43-41-37-25-29-15-17-39-31(19-23-45-39)33(29)27-35(37)36-28-34-30(16-18-40-32(34)20-24-46-40)26-38(36)42(41)44-22-14-12-10-8-6-4-2/h15-20,23-28H,3-14,21-22H2,1-2H3. The second-order valence-corrected chi connectivity index (χ2v) is 14.8. The maximum absolute atomic E-state index is 6.85. The van der Waals surface area contributed by atoms with Gasteiger partial charge in [0.2, 0.25) is 0 Å². The maximum Gasteiger partial charge on any atom is 0.169 e. The van der Waals surface area contributed by atoms with Crippen molar-refractivity contribution in [1.82, 2.24) is 0 Å². The number of ether oxygens (including phenoxy) is 2. The van der Waals surface area contributed by atoms with E-state index in [4.69, 9.17) is 9.47 Å². The summed E-state index contributed by atoms with van der Waals surface area (Å²) in [5.74, 6) is 1.84. The molecule has 2 aromatic heterocycles. The minimum absolute atomic E-state index is 0.713. The van der Waals surface area contributed by atoms with E-state index in [1.807, 2.05) is 22.7 Å². The van der Waals surface area contributed by atoms with Gasteiger partial charge in [-0.3, -0.25) is 0 Å². The smallest absolute Gasteiger partial charge is 0.169 e. The molecule has 0 spiro atoms. The van der Waals surface area contributed by atoms with E-state index < -0.39 is 0 Å². The topological polar surface area (TPSA) is 18.5 Å². The highest BCUT2D eigenvalue weighted by Gasteiger charge is 2.20. The largest absolute Gasteiger partial charge is 0.489 e. The highest BCUT2D eigenvalue weighted by Crippen LogP contribution is 2.48. The fraction of sp³-hybridized carbons (Fsp3) is 0.381. The summed E-state index contributed by atoms with van der Waals surface area (Å²) >= 11 is 3.63. The third kappa shape index (κ3) is 6.31. The van der Waals surface area contributed by atoms with Gasteiger partial charge in [0.15, 0.2) is 11.5 Å². The first-order valence-electron chi connectivity index (χ1n) is 17.7. The van der Waals surface area contributed by atoms with Gasteiger partial charge >= 0.3 is 0 Å². The monoisotopic (exact) mass is 646 g/mol. The summed E-state index contributed by atoms with van der Waals surface area (Å²) in [4.78, 5) is 0. The fourth-order valence-electron chi connectivity index (χ4n) is 7.12. The Bertz CT molecular complexity index is 1950. The molecule has 7 aromatic rings. The maximum atomic E-state index is 6.85. The molecule has 0 saturated carbocycles. The molecule has 0 N–H and O–H groups in total. The third-order valence-electron chi connectivity index (χ3n) is 9.65. The molecule has 46 heavy (non-hydrogen) atoms. The number of benzene rings is 5. The van der Waals surface area contributed by atoms with Crippen molar-refractivity contribution in [2.24, 2.45) is 0 Å². The van der Waals surface area contributed by atoms with Crippen molar-refractivity contribution in [3.63, 3.8) is 0 Å². The predicted octanol–water partition coefficient (Wildman–Crippen LogP) is 14.2. The van der Waals surface area contributed by atoms with Crippen LogP contribution in [0.2, 0.25) is 0 Å². The van der Waals surface area contributed by atoms with Crippen molar-refractivity contribution in [2.75, 3.05) is 13.2 Å². The van der Waals surface area contributed by atoms with Crippen LogP contribution in [-0.4, -0.2) is 13.2 Å². The summed E-state index contributed by atoms with van der Waals surface area (Å²) < 4.78 is 16.4. The number of hydrogen-bond acceptors (Lipinski definition) is 4. The quantitative estimate of drug-likeness (QED) is 0.0591. The van der Waals surface area contributed by atoms with E-state index in [1.54, 1.807) is 0 Å². The molecule has 238 valence electrons. The lowest BCUT2D eigenvalue weighted by Gasteiger charge is -2.20. The number of fused-ring (bicyclic) bond motifs is 9. The average Bonchev–Trinajstić information content (AvgIpc) is 3.77. The number of unbranched alkanes of at least 4 members (excludes halogenated alkanes) is 10. The van der Waals surface area contributed by atoms with E-state index in [1.165, 1.54) is 117 Å². The molecular formula is C42H46O2S2. The van der Waals surface area contributed by atoms with Gasteiger partial charge < -0.3 is 9.47 Å². The minimum atomic E-state index is 0.713. The Morgan fingerprint density at radius 1 is 0.413 bits per heavy atom. The zero-order chi connectivity index (χ0) is 31.3. The highest BCUT2D eigenvalue weighted by atomic mass is 32.1. The Labute approximate surface area is 281 Å². The van der Waals surface area contributed by atoms with E-state index in [0.29, 0.717) is 13.2 Å². The zero-order valence-electron chi connectivity index (χ0n) is 27.5. The molecule has 0 atom stereocenters. The van der Waals surface area contributed by atoms with Crippen molar-refractivity contribution in [3.05, 3.63) is 71.4 Å². The van der Waals surface area contributed by atoms with Crippen LogP contribution in [0.1, 0.15) is 90.9 Å². The number of thiophene rings is 2.